The molecule has 4 nitrogen and oxygen atoms in total. The van der Waals surface area contributed by atoms with E-state index in [0.29, 0.717) is 17.0 Å². The molecule has 2 aromatic heterocycles. The van der Waals surface area contributed by atoms with Gasteiger partial charge in [0.15, 0.2) is 10.4 Å². The minimum Gasteiger partial charge on any atom is -0.444 e. The van der Waals surface area contributed by atoms with Crippen molar-refractivity contribution in [2.24, 2.45) is 0 Å². The molecule has 0 aliphatic carbocycles. The second-order valence-corrected chi connectivity index (χ2v) is 7.20. The standard InChI is InChI=1S/C16H19BrN2O2S/c17-15-7-6-13(21-15)16(20)18-11-12(14-5-4-10-22-14)19-8-2-1-3-9-19/h4-7,10,12H,1-3,8-9,11H2,(H,18,20). The summed E-state index contributed by atoms with van der Waals surface area (Å²) in [6.07, 6.45) is 3.78. The van der Waals surface area contributed by atoms with Crippen LogP contribution in [0.4, 0.5) is 0 Å². The minimum atomic E-state index is -0.163. The van der Waals surface area contributed by atoms with E-state index in [1.807, 2.05) is 0 Å². The van der Waals surface area contributed by atoms with E-state index in [1.54, 1.807) is 23.5 Å². The van der Waals surface area contributed by atoms with Crippen LogP contribution >= 0.6 is 27.3 Å². The van der Waals surface area contributed by atoms with Gasteiger partial charge in [0.1, 0.15) is 0 Å². The first kappa shape index (κ1) is 15.8. The van der Waals surface area contributed by atoms with Crippen LogP contribution in [0.3, 0.4) is 0 Å². The summed E-state index contributed by atoms with van der Waals surface area (Å²) in [6, 6.07) is 7.89. The Morgan fingerprint density at radius 2 is 2.14 bits per heavy atom. The molecule has 1 aliphatic rings. The van der Waals surface area contributed by atoms with Crippen molar-refractivity contribution in [3.8, 4) is 0 Å². The van der Waals surface area contributed by atoms with Gasteiger partial charge in [-0.2, -0.15) is 0 Å². The number of hydrogen-bond donors (Lipinski definition) is 1. The Morgan fingerprint density at radius 3 is 2.77 bits per heavy atom. The number of hydrogen-bond acceptors (Lipinski definition) is 4. The Morgan fingerprint density at radius 1 is 1.32 bits per heavy atom. The molecule has 2 aromatic rings. The lowest BCUT2D eigenvalue weighted by molar-refractivity contribution is 0.0897. The van der Waals surface area contributed by atoms with Crippen LogP contribution in [0, 0.1) is 0 Å². The third-order valence-electron chi connectivity index (χ3n) is 3.96. The predicted octanol–water partition coefficient (Wildman–Crippen LogP) is 4.06. The van der Waals surface area contributed by atoms with E-state index in [1.165, 1.54) is 24.1 Å². The van der Waals surface area contributed by atoms with Crippen LogP contribution in [0.15, 0.2) is 38.7 Å². The molecule has 1 unspecified atom stereocenters. The normalized spacial score (nSPS) is 17.3. The van der Waals surface area contributed by atoms with Gasteiger partial charge in [-0.1, -0.05) is 12.5 Å². The van der Waals surface area contributed by atoms with Crippen LogP contribution in [-0.2, 0) is 0 Å². The summed E-state index contributed by atoms with van der Waals surface area (Å²) in [5.74, 6) is 0.180. The first-order chi connectivity index (χ1) is 10.7. The molecule has 0 radical (unpaired) electrons. The number of thiophene rings is 1. The van der Waals surface area contributed by atoms with E-state index < -0.39 is 0 Å². The van der Waals surface area contributed by atoms with Crippen LogP contribution in [0.2, 0.25) is 0 Å². The van der Waals surface area contributed by atoms with Crippen molar-refractivity contribution in [2.75, 3.05) is 19.6 Å². The van der Waals surface area contributed by atoms with Gasteiger partial charge in [0.05, 0.1) is 6.04 Å². The molecule has 1 N–H and O–H groups in total. The Balaban J connectivity index is 1.66. The maximum absolute atomic E-state index is 12.2. The summed E-state index contributed by atoms with van der Waals surface area (Å²) in [5.41, 5.74) is 0. The SMILES string of the molecule is O=C(NCC(c1cccs1)N1CCCCC1)c1ccc(Br)o1. The molecule has 3 heterocycles. The summed E-state index contributed by atoms with van der Waals surface area (Å²) in [7, 11) is 0. The van der Waals surface area contributed by atoms with Gasteiger partial charge in [0.2, 0.25) is 0 Å². The fourth-order valence-corrected chi connectivity index (χ4v) is 4.00. The van der Waals surface area contributed by atoms with Gasteiger partial charge in [-0.25, -0.2) is 0 Å². The molecule has 6 heteroatoms. The Labute approximate surface area is 142 Å². The van der Waals surface area contributed by atoms with E-state index in [0.717, 1.165) is 13.1 Å². The van der Waals surface area contributed by atoms with E-state index in [9.17, 15) is 4.79 Å². The van der Waals surface area contributed by atoms with Gasteiger partial charge in [-0.3, -0.25) is 9.69 Å². The molecule has 1 saturated heterocycles. The highest BCUT2D eigenvalue weighted by molar-refractivity contribution is 9.10. The number of amides is 1. The lowest BCUT2D eigenvalue weighted by atomic mass is 10.1. The molecule has 0 spiro atoms. The van der Waals surface area contributed by atoms with Crippen LogP contribution in [0.25, 0.3) is 0 Å². The fraction of sp³-hybridized carbons (Fsp3) is 0.438. The van der Waals surface area contributed by atoms with Crippen LogP contribution in [-0.4, -0.2) is 30.4 Å². The molecule has 1 aliphatic heterocycles. The highest BCUT2D eigenvalue weighted by Gasteiger charge is 2.24. The van der Waals surface area contributed by atoms with Crippen LogP contribution < -0.4 is 5.32 Å². The van der Waals surface area contributed by atoms with Crippen molar-refractivity contribution >= 4 is 33.2 Å². The lowest BCUT2D eigenvalue weighted by Gasteiger charge is -2.34. The van der Waals surface area contributed by atoms with E-state index in [2.05, 4.69) is 43.7 Å². The Bertz CT molecular complexity index is 605. The quantitative estimate of drug-likeness (QED) is 0.847. The number of nitrogens with zero attached hydrogens (tertiary/aromatic N) is 1. The predicted molar refractivity (Wildman–Crippen MR) is 91.2 cm³/mol. The first-order valence-electron chi connectivity index (χ1n) is 7.55. The minimum absolute atomic E-state index is 0.163. The van der Waals surface area contributed by atoms with Crippen molar-refractivity contribution in [3.05, 3.63) is 45.0 Å². The second kappa shape index (κ2) is 7.44. The van der Waals surface area contributed by atoms with Crippen molar-refractivity contribution in [1.82, 2.24) is 10.2 Å². The molecule has 22 heavy (non-hydrogen) atoms. The maximum atomic E-state index is 12.2. The van der Waals surface area contributed by atoms with E-state index >= 15 is 0 Å². The van der Waals surface area contributed by atoms with Crippen molar-refractivity contribution in [1.29, 1.82) is 0 Å². The highest BCUT2D eigenvalue weighted by atomic mass is 79.9. The number of carbonyl (C=O) groups excluding carboxylic acids is 1. The van der Waals surface area contributed by atoms with Crippen molar-refractivity contribution in [2.45, 2.75) is 25.3 Å². The van der Waals surface area contributed by atoms with Gasteiger partial charge in [0.25, 0.3) is 5.91 Å². The topological polar surface area (TPSA) is 45.5 Å². The molecule has 118 valence electrons. The van der Waals surface area contributed by atoms with Gasteiger partial charge < -0.3 is 9.73 Å². The number of carbonyl (C=O) groups is 1. The van der Waals surface area contributed by atoms with Crippen molar-refractivity contribution in [3.63, 3.8) is 0 Å². The molecule has 0 aromatic carbocycles. The molecule has 0 saturated carbocycles. The number of likely N-dealkylation sites (tertiary alicyclic amines) is 1. The number of halogens is 1. The van der Waals surface area contributed by atoms with Gasteiger partial charge >= 0.3 is 0 Å². The average Bonchev–Trinajstić information content (AvgIpc) is 3.20. The van der Waals surface area contributed by atoms with Gasteiger partial charge in [0, 0.05) is 11.4 Å². The highest BCUT2D eigenvalue weighted by Crippen LogP contribution is 2.27. The number of nitrogens with one attached hydrogen (secondary N) is 1. The summed E-state index contributed by atoms with van der Waals surface area (Å²) in [5, 5.41) is 5.10. The number of furan rings is 1. The third-order valence-corrected chi connectivity index (χ3v) is 5.36. The fourth-order valence-electron chi connectivity index (χ4n) is 2.83. The van der Waals surface area contributed by atoms with Crippen molar-refractivity contribution < 1.29 is 9.21 Å². The van der Waals surface area contributed by atoms with E-state index in [4.69, 9.17) is 4.42 Å². The Kier molecular flexibility index (Phi) is 5.33. The van der Waals surface area contributed by atoms with Gasteiger partial charge in [-0.05, 0) is 65.4 Å². The number of rotatable bonds is 5. The van der Waals surface area contributed by atoms with Crippen LogP contribution in [0.1, 0.15) is 40.7 Å². The third kappa shape index (κ3) is 3.80. The zero-order chi connectivity index (χ0) is 15.4. The Hall–Kier alpha value is -1.11. The molecule has 1 atom stereocenters. The molecule has 1 fully saturated rings. The van der Waals surface area contributed by atoms with Crippen LogP contribution in [0.5, 0.6) is 0 Å². The average molecular weight is 383 g/mol. The molecular weight excluding hydrogens is 364 g/mol. The summed E-state index contributed by atoms with van der Waals surface area (Å²) in [6.45, 7) is 2.81. The smallest absolute Gasteiger partial charge is 0.287 e. The lowest BCUT2D eigenvalue weighted by Crippen LogP contribution is -2.40. The largest absolute Gasteiger partial charge is 0.444 e. The van der Waals surface area contributed by atoms with E-state index in [-0.39, 0.29) is 11.9 Å². The number of piperidine rings is 1. The second-order valence-electron chi connectivity index (χ2n) is 5.44. The summed E-state index contributed by atoms with van der Waals surface area (Å²) >= 11 is 4.97. The monoisotopic (exact) mass is 382 g/mol. The maximum Gasteiger partial charge on any atom is 0.287 e. The molecule has 1 amide bonds. The zero-order valence-electron chi connectivity index (χ0n) is 12.3. The molecule has 3 rings (SSSR count). The zero-order valence-corrected chi connectivity index (χ0v) is 14.7. The molecular formula is C16H19BrN2O2S. The summed E-state index contributed by atoms with van der Waals surface area (Å²) < 4.78 is 5.88. The van der Waals surface area contributed by atoms with Gasteiger partial charge in [-0.15, -0.1) is 11.3 Å². The molecule has 0 bridgehead atoms. The first-order valence-corrected chi connectivity index (χ1v) is 9.22. The summed E-state index contributed by atoms with van der Waals surface area (Å²) in [4.78, 5) is 16.0.